The number of benzene rings is 2. The van der Waals surface area contributed by atoms with Gasteiger partial charge in [-0.25, -0.2) is 0 Å². The molecule has 2 amide bonds. The Morgan fingerprint density at radius 1 is 1.03 bits per heavy atom. The number of carbonyl (C=O) groups is 2. The summed E-state index contributed by atoms with van der Waals surface area (Å²) in [5.41, 5.74) is 1.65. The fraction of sp³-hybridized carbons (Fsp3) is 0.308. The van der Waals surface area contributed by atoms with Gasteiger partial charge >= 0.3 is 0 Å². The van der Waals surface area contributed by atoms with Gasteiger partial charge in [0.1, 0.15) is 6.04 Å². The number of para-hydroxylation sites is 1. The summed E-state index contributed by atoms with van der Waals surface area (Å²) in [5, 5.41) is 21.8. The van der Waals surface area contributed by atoms with Gasteiger partial charge in [-0.15, -0.1) is 16.8 Å². The van der Waals surface area contributed by atoms with Crippen LogP contribution >= 0.6 is 11.8 Å². The Hall–Kier alpha value is -3.63. The van der Waals surface area contributed by atoms with E-state index in [1.807, 2.05) is 29.2 Å². The number of hydrogen-bond acceptors (Lipinski definition) is 7. The lowest BCUT2D eigenvalue weighted by Gasteiger charge is -2.36. The second-order valence-corrected chi connectivity index (χ2v) is 9.25. The number of nitrogens with zero attached hydrogens (tertiary/aromatic N) is 5. The number of thioether (sulfide) groups is 1. The van der Waals surface area contributed by atoms with Crippen LogP contribution in [0.2, 0.25) is 0 Å². The molecule has 4 rings (SSSR count). The van der Waals surface area contributed by atoms with Crippen molar-refractivity contribution < 1.29 is 14.7 Å². The molecule has 1 aliphatic heterocycles. The first-order valence-corrected chi connectivity index (χ1v) is 12.8. The van der Waals surface area contributed by atoms with Crippen LogP contribution < -0.4 is 10.2 Å². The number of hydrogen-bond donors (Lipinski definition) is 2. The second-order valence-electron chi connectivity index (χ2n) is 8.31. The van der Waals surface area contributed by atoms with Crippen molar-refractivity contribution in [1.82, 2.24) is 25.0 Å². The third-order valence-corrected chi connectivity index (χ3v) is 6.92. The maximum Gasteiger partial charge on any atom is 0.251 e. The Balaban J connectivity index is 1.37. The molecule has 9 nitrogen and oxygen atoms in total. The zero-order chi connectivity index (χ0) is 25.3. The van der Waals surface area contributed by atoms with E-state index in [0.29, 0.717) is 36.2 Å². The summed E-state index contributed by atoms with van der Waals surface area (Å²) >= 11 is 1.29. The first kappa shape index (κ1) is 25.5. The highest BCUT2D eigenvalue weighted by Crippen LogP contribution is 2.22. The fourth-order valence-electron chi connectivity index (χ4n) is 4.06. The van der Waals surface area contributed by atoms with Crippen molar-refractivity contribution in [1.29, 1.82) is 0 Å². The van der Waals surface area contributed by atoms with E-state index >= 15 is 0 Å². The molecule has 2 heterocycles. The number of carbonyl (C=O) groups excluding carboxylic acids is 2. The van der Waals surface area contributed by atoms with Crippen LogP contribution in [0.3, 0.4) is 0 Å². The van der Waals surface area contributed by atoms with Crippen LogP contribution in [0.5, 0.6) is 0 Å². The summed E-state index contributed by atoms with van der Waals surface area (Å²) < 4.78 is 1.77. The minimum Gasteiger partial charge on any atom is -0.394 e. The average molecular weight is 507 g/mol. The molecule has 0 spiro atoms. The minimum absolute atomic E-state index is 0.0403. The number of aliphatic hydroxyl groups excluding tert-OH is 1. The lowest BCUT2D eigenvalue weighted by atomic mass is 10.2. The van der Waals surface area contributed by atoms with E-state index < -0.39 is 6.04 Å². The SMILES string of the molecule is C=CCn1c(SCC(=O)N2CCN(c3ccccc3)CC2)nnc1[C@H](CO)NC(=O)c1ccccc1. The van der Waals surface area contributed by atoms with Gasteiger partial charge in [0.05, 0.1) is 12.4 Å². The number of aliphatic hydroxyl groups is 1. The molecule has 188 valence electrons. The molecule has 0 aliphatic carbocycles. The molecule has 2 N–H and O–H groups in total. The normalized spacial score (nSPS) is 14.4. The predicted octanol–water partition coefficient (Wildman–Crippen LogP) is 2.37. The quantitative estimate of drug-likeness (QED) is 0.321. The zero-order valence-corrected chi connectivity index (χ0v) is 20.8. The highest BCUT2D eigenvalue weighted by atomic mass is 32.2. The summed E-state index contributed by atoms with van der Waals surface area (Å²) in [6.45, 7) is 6.74. The molecule has 1 aliphatic rings. The largest absolute Gasteiger partial charge is 0.394 e. The number of aromatic nitrogens is 3. The molecule has 36 heavy (non-hydrogen) atoms. The van der Waals surface area contributed by atoms with Gasteiger partial charge in [-0.1, -0.05) is 54.2 Å². The van der Waals surface area contributed by atoms with Crippen LogP contribution in [-0.4, -0.2) is 75.1 Å². The van der Waals surface area contributed by atoms with E-state index in [9.17, 15) is 14.7 Å². The van der Waals surface area contributed by atoms with Gasteiger partial charge in [0.25, 0.3) is 5.91 Å². The number of rotatable bonds is 10. The summed E-state index contributed by atoms with van der Waals surface area (Å²) in [6.07, 6.45) is 1.69. The molecule has 0 saturated carbocycles. The van der Waals surface area contributed by atoms with Crippen molar-refractivity contribution in [2.75, 3.05) is 43.4 Å². The van der Waals surface area contributed by atoms with Crippen LogP contribution in [0, 0.1) is 0 Å². The van der Waals surface area contributed by atoms with Gasteiger partial charge in [0.15, 0.2) is 11.0 Å². The van der Waals surface area contributed by atoms with Crippen LogP contribution in [0.4, 0.5) is 5.69 Å². The van der Waals surface area contributed by atoms with Gasteiger partial charge in [-0.2, -0.15) is 0 Å². The Morgan fingerprint density at radius 3 is 2.33 bits per heavy atom. The standard InChI is InChI=1S/C26H30N6O3S/c1-2-13-32-24(22(18-33)27-25(35)20-9-5-3-6-10-20)28-29-26(32)36-19-23(34)31-16-14-30(15-17-31)21-11-7-4-8-12-21/h2-12,22,33H,1,13-19H2,(H,27,35)/t22-/m0/s1. The topological polar surface area (TPSA) is 104 Å². The number of anilines is 1. The number of piperazine rings is 1. The summed E-state index contributed by atoms with van der Waals surface area (Å²) in [6, 6.07) is 18.2. The van der Waals surface area contributed by atoms with Crippen molar-refractivity contribution in [2.24, 2.45) is 0 Å². The predicted molar refractivity (Wildman–Crippen MR) is 140 cm³/mol. The van der Waals surface area contributed by atoms with E-state index in [1.54, 1.807) is 34.9 Å². The number of allylic oxidation sites excluding steroid dienone is 1. The van der Waals surface area contributed by atoms with Crippen molar-refractivity contribution >= 4 is 29.3 Å². The van der Waals surface area contributed by atoms with Gasteiger partial charge in [-0.3, -0.25) is 9.59 Å². The summed E-state index contributed by atoms with van der Waals surface area (Å²) in [7, 11) is 0. The number of amides is 2. The van der Waals surface area contributed by atoms with Crippen molar-refractivity contribution in [3.05, 3.63) is 84.7 Å². The Bertz CT molecular complexity index is 1160. The third kappa shape index (κ3) is 6.13. The lowest BCUT2D eigenvalue weighted by Crippen LogP contribution is -2.49. The van der Waals surface area contributed by atoms with Crippen molar-refractivity contribution in [2.45, 2.75) is 17.7 Å². The van der Waals surface area contributed by atoms with Crippen LogP contribution in [-0.2, 0) is 11.3 Å². The van der Waals surface area contributed by atoms with Crippen LogP contribution in [0.25, 0.3) is 0 Å². The lowest BCUT2D eigenvalue weighted by molar-refractivity contribution is -0.128. The zero-order valence-electron chi connectivity index (χ0n) is 20.0. The van der Waals surface area contributed by atoms with Gasteiger partial charge in [-0.05, 0) is 24.3 Å². The van der Waals surface area contributed by atoms with Gasteiger partial charge in [0.2, 0.25) is 5.91 Å². The van der Waals surface area contributed by atoms with E-state index in [0.717, 1.165) is 13.1 Å². The van der Waals surface area contributed by atoms with Gasteiger partial charge in [0, 0.05) is 44.0 Å². The van der Waals surface area contributed by atoms with Crippen LogP contribution in [0.1, 0.15) is 22.2 Å². The molecule has 1 aromatic heterocycles. The molecular weight excluding hydrogens is 476 g/mol. The monoisotopic (exact) mass is 506 g/mol. The van der Waals surface area contributed by atoms with E-state index in [-0.39, 0.29) is 24.2 Å². The molecule has 0 bridgehead atoms. The molecule has 1 saturated heterocycles. The molecule has 10 heteroatoms. The third-order valence-electron chi connectivity index (χ3n) is 5.97. The highest BCUT2D eigenvalue weighted by Gasteiger charge is 2.25. The first-order chi connectivity index (χ1) is 17.6. The highest BCUT2D eigenvalue weighted by molar-refractivity contribution is 7.99. The summed E-state index contributed by atoms with van der Waals surface area (Å²) in [5.74, 6) is 0.356. The maximum absolute atomic E-state index is 12.9. The molecule has 3 aromatic rings. The Labute approximate surface area is 214 Å². The first-order valence-electron chi connectivity index (χ1n) is 11.8. The molecular formula is C26H30N6O3S. The molecule has 1 fully saturated rings. The van der Waals surface area contributed by atoms with E-state index in [2.05, 4.69) is 39.1 Å². The van der Waals surface area contributed by atoms with Gasteiger partial charge < -0.3 is 24.8 Å². The van der Waals surface area contributed by atoms with Crippen LogP contribution in [0.15, 0.2) is 78.5 Å². The second kappa shape index (κ2) is 12.4. The molecule has 2 aromatic carbocycles. The summed E-state index contributed by atoms with van der Waals surface area (Å²) in [4.78, 5) is 29.7. The van der Waals surface area contributed by atoms with Crippen molar-refractivity contribution in [3.63, 3.8) is 0 Å². The fourth-order valence-corrected chi connectivity index (χ4v) is 4.92. The average Bonchev–Trinajstić information content (AvgIpc) is 3.33. The molecule has 1 atom stereocenters. The van der Waals surface area contributed by atoms with E-state index in [4.69, 9.17) is 0 Å². The maximum atomic E-state index is 12.9. The Kier molecular flexibility index (Phi) is 8.75. The molecule has 0 unspecified atom stereocenters. The smallest absolute Gasteiger partial charge is 0.251 e. The van der Waals surface area contributed by atoms with E-state index in [1.165, 1.54) is 17.4 Å². The van der Waals surface area contributed by atoms with Crippen molar-refractivity contribution in [3.8, 4) is 0 Å². The Morgan fingerprint density at radius 2 is 1.69 bits per heavy atom. The number of nitrogens with one attached hydrogen (secondary N) is 1. The minimum atomic E-state index is -0.749. The molecule has 0 radical (unpaired) electrons.